The van der Waals surface area contributed by atoms with E-state index in [0.717, 1.165) is 24.2 Å². The van der Waals surface area contributed by atoms with E-state index in [1.807, 2.05) is 31.2 Å². The molecular weight excluding hydrogens is 280 g/mol. The van der Waals surface area contributed by atoms with Gasteiger partial charge < -0.3 is 14.8 Å². The first-order valence-corrected chi connectivity index (χ1v) is 7.59. The van der Waals surface area contributed by atoms with E-state index in [4.69, 9.17) is 4.42 Å². The van der Waals surface area contributed by atoms with Crippen LogP contribution < -0.4 is 5.32 Å². The number of nitrogens with one attached hydrogen (secondary N) is 1. The molecule has 2 aromatic rings. The quantitative estimate of drug-likeness (QED) is 0.908. The molecule has 1 heterocycles. The van der Waals surface area contributed by atoms with Crippen LogP contribution >= 0.6 is 0 Å². The third kappa shape index (κ3) is 3.36. The molecular formula is C17H20N2O3. The van der Waals surface area contributed by atoms with Gasteiger partial charge in [0.1, 0.15) is 5.76 Å². The van der Waals surface area contributed by atoms with Gasteiger partial charge in [-0.2, -0.15) is 0 Å². The molecule has 0 saturated heterocycles. The van der Waals surface area contributed by atoms with Crippen LogP contribution in [-0.4, -0.2) is 21.6 Å². The van der Waals surface area contributed by atoms with Crippen LogP contribution in [0.5, 0.6) is 0 Å². The molecule has 1 amide bonds. The second kappa shape index (κ2) is 5.93. The summed E-state index contributed by atoms with van der Waals surface area (Å²) in [6, 6.07) is 7.36. The number of carbonyl (C=O) groups is 1. The second-order valence-electron chi connectivity index (χ2n) is 6.01. The molecule has 22 heavy (non-hydrogen) atoms. The molecule has 1 aliphatic carbocycles. The van der Waals surface area contributed by atoms with Gasteiger partial charge in [-0.05, 0) is 38.0 Å². The van der Waals surface area contributed by atoms with Gasteiger partial charge in [0.2, 0.25) is 11.8 Å². The molecule has 1 aromatic carbocycles. The zero-order chi connectivity index (χ0) is 15.6. The topological polar surface area (TPSA) is 75.4 Å². The molecule has 2 N–H and O–H groups in total. The smallest absolute Gasteiger partial charge is 0.227 e. The first kappa shape index (κ1) is 14.8. The van der Waals surface area contributed by atoms with Gasteiger partial charge in [-0.25, -0.2) is 4.98 Å². The summed E-state index contributed by atoms with van der Waals surface area (Å²) in [7, 11) is 0. The molecule has 5 heteroatoms. The molecule has 1 saturated carbocycles. The van der Waals surface area contributed by atoms with Crippen LogP contribution in [0.25, 0.3) is 11.5 Å². The first-order valence-electron chi connectivity index (χ1n) is 7.59. The number of anilines is 1. The Morgan fingerprint density at radius 1 is 1.41 bits per heavy atom. The van der Waals surface area contributed by atoms with E-state index in [9.17, 15) is 9.90 Å². The van der Waals surface area contributed by atoms with E-state index in [1.165, 1.54) is 0 Å². The highest BCUT2D eigenvalue weighted by Crippen LogP contribution is 2.32. The number of hydrogen-bond donors (Lipinski definition) is 2. The van der Waals surface area contributed by atoms with Gasteiger partial charge in [0.15, 0.2) is 0 Å². The first-order chi connectivity index (χ1) is 10.5. The van der Waals surface area contributed by atoms with E-state index in [-0.39, 0.29) is 12.3 Å². The number of aryl methyl sites for hydroxylation is 1. The van der Waals surface area contributed by atoms with Gasteiger partial charge in [0.25, 0.3) is 0 Å². The Morgan fingerprint density at radius 3 is 2.86 bits per heavy atom. The molecule has 0 spiro atoms. The van der Waals surface area contributed by atoms with Crippen LogP contribution in [0.2, 0.25) is 0 Å². The van der Waals surface area contributed by atoms with E-state index < -0.39 is 5.60 Å². The number of aromatic nitrogens is 1. The van der Waals surface area contributed by atoms with Crippen molar-refractivity contribution in [1.29, 1.82) is 0 Å². The molecule has 0 radical (unpaired) electrons. The normalized spacial score (nSPS) is 16.6. The van der Waals surface area contributed by atoms with Crippen LogP contribution in [0.1, 0.15) is 37.9 Å². The van der Waals surface area contributed by atoms with Crippen LogP contribution in [0.15, 0.2) is 34.9 Å². The highest BCUT2D eigenvalue weighted by Gasteiger charge is 2.33. The van der Waals surface area contributed by atoms with Crippen LogP contribution in [0.4, 0.5) is 5.69 Å². The maximum atomic E-state index is 12.1. The molecule has 3 rings (SSSR count). The summed E-state index contributed by atoms with van der Waals surface area (Å²) in [6.07, 6.45) is 5.20. The van der Waals surface area contributed by atoms with Crippen molar-refractivity contribution in [3.63, 3.8) is 0 Å². The number of benzene rings is 1. The standard InChI is InChI=1S/C17H20N2O3/c1-12-11-18-16(22-12)13-5-4-6-14(9-13)19-15(20)10-17(21)7-2-3-8-17/h4-6,9,11,21H,2-3,7-8,10H2,1H3,(H,19,20). The molecule has 1 aromatic heterocycles. The number of carbonyl (C=O) groups excluding carboxylic acids is 1. The Hall–Kier alpha value is -2.14. The molecule has 116 valence electrons. The summed E-state index contributed by atoms with van der Waals surface area (Å²) >= 11 is 0. The number of oxazole rings is 1. The van der Waals surface area contributed by atoms with Crippen molar-refractivity contribution in [3.05, 3.63) is 36.2 Å². The van der Waals surface area contributed by atoms with Gasteiger partial charge >= 0.3 is 0 Å². The van der Waals surface area contributed by atoms with E-state index >= 15 is 0 Å². The van der Waals surface area contributed by atoms with Gasteiger partial charge in [-0.1, -0.05) is 18.9 Å². The molecule has 1 aliphatic rings. The van der Waals surface area contributed by atoms with Gasteiger partial charge in [-0.15, -0.1) is 0 Å². The van der Waals surface area contributed by atoms with Crippen molar-refractivity contribution in [3.8, 4) is 11.5 Å². The molecule has 0 aliphatic heterocycles. The number of amides is 1. The summed E-state index contributed by atoms with van der Waals surface area (Å²) in [5, 5.41) is 13.1. The minimum Gasteiger partial charge on any atom is -0.441 e. The Balaban J connectivity index is 1.69. The van der Waals surface area contributed by atoms with Crippen LogP contribution in [-0.2, 0) is 4.79 Å². The predicted octanol–water partition coefficient (Wildman–Crippen LogP) is 3.28. The zero-order valence-electron chi connectivity index (χ0n) is 12.6. The average molecular weight is 300 g/mol. The molecule has 0 atom stereocenters. The van der Waals surface area contributed by atoms with Gasteiger partial charge in [-0.3, -0.25) is 4.79 Å². The summed E-state index contributed by atoms with van der Waals surface area (Å²) < 4.78 is 5.49. The van der Waals surface area contributed by atoms with Gasteiger partial charge in [0.05, 0.1) is 18.2 Å². The van der Waals surface area contributed by atoms with Crippen LogP contribution in [0.3, 0.4) is 0 Å². The Labute approximate surface area is 129 Å². The third-order valence-electron chi connectivity index (χ3n) is 4.04. The maximum Gasteiger partial charge on any atom is 0.227 e. The Morgan fingerprint density at radius 2 is 2.18 bits per heavy atom. The minimum atomic E-state index is -0.832. The van der Waals surface area contributed by atoms with Crippen molar-refractivity contribution >= 4 is 11.6 Å². The highest BCUT2D eigenvalue weighted by atomic mass is 16.4. The Kier molecular flexibility index (Phi) is 3.98. The fraction of sp³-hybridized carbons (Fsp3) is 0.412. The number of hydrogen-bond acceptors (Lipinski definition) is 4. The fourth-order valence-corrected chi connectivity index (χ4v) is 2.93. The largest absolute Gasteiger partial charge is 0.441 e. The average Bonchev–Trinajstić information content (AvgIpc) is 3.08. The molecule has 1 fully saturated rings. The summed E-state index contributed by atoms with van der Waals surface area (Å²) in [5.41, 5.74) is 0.659. The number of aliphatic hydroxyl groups is 1. The lowest BCUT2D eigenvalue weighted by molar-refractivity contribution is -0.120. The minimum absolute atomic E-state index is 0.148. The number of rotatable bonds is 4. The highest BCUT2D eigenvalue weighted by molar-refractivity contribution is 5.92. The van der Waals surface area contributed by atoms with E-state index in [1.54, 1.807) is 6.20 Å². The van der Waals surface area contributed by atoms with Crippen molar-refractivity contribution in [2.24, 2.45) is 0 Å². The molecule has 5 nitrogen and oxygen atoms in total. The molecule has 0 unspecified atom stereocenters. The Bertz CT molecular complexity index is 672. The summed E-state index contributed by atoms with van der Waals surface area (Å²) in [5.74, 6) is 1.11. The number of nitrogens with zero attached hydrogens (tertiary/aromatic N) is 1. The van der Waals surface area contributed by atoms with Gasteiger partial charge in [0, 0.05) is 11.3 Å². The predicted molar refractivity (Wildman–Crippen MR) is 83.3 cm³/mol. The monoisotopic (exact) mass is 300 g/mol. The fourth-order valence-electron chi connectivity index (χ4n) is 2.93. The van der Waals surface area contributed by atoms with Crippen molar-refractivity contribution in [1.82, 2.24) is 4.98 Å². The summed E-state index contributed by atoms with van der Waals surface area (Å²) in [4.78, 5) is 16.3. The van der Waals surface area contributed by atoms with Crippen molar-refractivity contribution < 1.29 is 14.3 Å². The van der Waals surface area contributed by atoms with Crippen molar-refractivity contribution in [2.45, 2.75) is 44.6 Å². The van der Waals surface area contributed by atoms with E-state index in [2.05, 4.69) is 10.3 Å². The summed E-state index contributed by atoms with van der Waals surface area (Å²) in [6.45, 7) is 1.84. The van der Waals surface area contributed by atoms with E-state index in [0.29, 0.717) is 24.4 Å². The lowest BCUT2D eigenvalue weighted by atomic mass is 9.97. The lowest BCUT2D eigenvalue weighted by Crippen LogP contribution is -2.30. The maximum absolute atomic E-state index is 12.1. The lowest BCUT2D eigenvalue weighted by Gasteiger charge is -2.21. The molecule has 0 bridgehead atoms. The zero-order valence-corrected chi connectivity index (χ0v) is 12.6. The third-order valence-corrected chi connectivity index (χ3v) is 4.04. The SMILES string of the molecule is Cc1cnc(-c2cccc(NC(=O)CC3(O)CCCC3)c2)o1. The second-order valence-corrected chi connectivity index (χ2v) is 6.01. The van der Waals surface area contributed by atoms with Crippen LogP contribution in [0, 0.1) is 6.92 Å². The van der Waals surface area contributed by atoms with Crippen molar-refractivity contribution in [2.75, 3.05) is 5.32 Å².